The van der Waals surface area contributed by atoms with Crippen LogP contribution in [-0.2, 0) is 0 Å². The van der Waals surface area contributed by atoms with Crippen LogP contribution < -0.4 is 9.04 Å². The predicted octanol–water partition coefficient (Wildman–Crippen LogP) is 2.27. The molecule has 3 unspecified atom stereocenters. The Morgan fingerprint density at radius 3 is 2.90 bits per heavy atom. The zero-order chi connectivity index (χ0) is 14.7. The minimum absolute atomic E-state index is 0.271. The Morgan fingerprint density at radius 2 is 2.19 bits per heavy atom. The summed E-state index contributed by atoms with van der Waals surface area (Å²) in [5.74, 6) is 0.908. The van der Waals surface area contributed by atoms with Gasteiger partial charge in [-0.1, -0.05) is 0 Å². The van der Waals surface area contributed by atoms with Gasteiger partial charge in [-0.3, -0.25) is 0 Å². The van der Waals surface area contributed by atoms with E-state index in [1.165, 1.54) is 62.3 Å². The van der Waals surface area contributed by atoms with E-state index in [1.54, 1.807) is 0 Å². The summed E-state index contributed by atoms with van der Waals surface area (Å²) in [6.45, 7) is 6.08. The van der Waals surface area contributed by atoms with Crippen molar-refractivity contribution in [2.75, 3.05) is 19.6 Å². The summed E-state index contributed by atoms with van der Waals surface area (Å²) in [5.41, 5.74) is 6.36. The Morgan fingerprint density at radius 1 is 1.29 bits per heavy atom. The van der Waals surface area contributed by atoms with Crippen LogP contribution in [0.5, 0.6) is 0 Å². The molecule has 118 valence electrons. The van der Waals surface area contributed by atoms with E-state index in [-0.39, 0.29) is 6.17 Å². The van der Waals surface area contributed by atoms with Crippen molar-refractivity contribution in [1.82, 2.24) is 13.3 Å². The molecule has 0 bridgehead atoms. The van der Waals surface area contributed by atoms with Crippen LogP contribution in [0.15, 0.2) is 12.3 Å². The zero-order valence-electron chi connectivity index (χ0n) is 13.5. The van der Waals surface area contributed by atoms with Gasteiger partial charge in [-0.2, -0.15) is 0 Å². The summed E-state index contributed by atoms with van der Waals surface area (Å²) in [6.07, 6.45) is 12.9. The number of hydrazine groups is 1. The standard InChI is InChI=1S/C13H26N3.C3H5N.In/c1-2-6-12-7-5-9-15(11-12)16-10-4-3-8-13(16)14;1-2-3-4;/h6,12-13H,2-5,7-11,14H2,1H3;2-4H,1H2;/q;-1;+1. The topological polar surface area (TPSA) is 44.5 Å². The first-order valence-electron chi connectivity index (χ1n) is 8.97. The van der Waals surface area contributed by atoms with Gasteiger partial charge >= 0.3 is 138 Å². The average Bonchev–Trinajstić information content (AvgIpc) is 3.03. The van der Waals surface area contributed by atoms with Gasteiger partial charge < -0.3 is 0 Å². The number of hydrogen-bond acceptors (Lipinski definition) is 4. The van der Waals surface area contributed by atoms with Crippen LogP contribution in [0.4, 0.5) is 0 Å². The van der Waals surface area contributed by atoms with Gasteiger partial charge in [0, 0.05) is 0 Å². The van der Waals surface area contributed by atoms with Gasteiger partial charge in [0.25, 0.3) is 0 Å². The van der Waals surface area contributed by atoms with Crippen LogP contribution >= 0.6 is 0 Å². The van der Waals surface area contributed by atoms with Crippen LogP contribution in [0, 0.1) is 5.92 Å². The van der Waals surface area contributed by atoms with Crippen molar-refractivity contribution in [3.63, 3.8) is 0 Å². The minimum atomic E-state index is -1.54. The Balaban J connectivity index is 1.61. The fraction of sp³-hybridized carbons (Fsp3) is 0.875. The number of nitrogens with two attached hydrogens (primary N) is 1. The average molecular weight is 394 g/mol. The number of nitrogens with one attached hydrogen (secondary N) is 1. The molecule has 3 heterocycles. The molecule has 2 saturated heterocycles. The van der Waals surface area contributed by atoms with Crippen molar-refractivity contribution in [2.24, 2.45) is 11.7 Å². The molecule has 0 amide bonds. The molecule has 3 aliphatic rings. The summed E-state index contributed by atoms with van der Waals surface area (Å²) in [7, 11) is 0. The first-order valence-corrected chi connectivity index (χ1v) is 14.9. The van der Waals surface area contributed by atoms with E-state index in [9.17, 15) is 0 Å². The van der Waals surface area contributed by atoms with Gasteiger partial charge in [-0.15, -0.1) is 0 Å². The number of piperidine rings is 2. The van der Waals surface area contributed by atoms with Gasteiger partial charge in [-0.05, 0) is 0 Å². The van der Waals surface area contributed by atoms with Crippen LogP contribution in [-0.4, -0.2) is 57.5 Å². The van der Waals surface area contributed by atoms with Crippen molar-refractivity contribution in [1.29, 1.82) is 0 Å². The Hall–Kier alpha value is 0.290. The first-order chi connectivity index (χ1) is 10.3. The quantitative estimate of drug-likeness (QED) is 0.768. The third kappa shape index (κ3) is 3.80. The number of rotatable bonds is 4. The van der Waals surface area contributed by atoms with Crippen LogP contribution in [0.3, 0.4) is 0 Å². The van der Waals surface area contributed by atoms with E-state index in [0.29, 0.717) is 0 Å². The molecule has 3 atom stereocenters. The van der Waals surface area contributed by atoms with Crippen LogP contribution in [0.2, 0.25) is 7.85 Å². The van der Waals surface area contributed by atoms with E-state index in [4.69, 9.17) is 5.73 Å². The number of hydrogen-bond donors (Lipinski definition) is 2. The molecule has 3 aliphatic heterocycles. The van der Waals surface area contributed by atoms with E-state index in [2.05, 4.69) is 32.5 Å². The molecular formula is C16H31InN4. The van der Waals surface area contributed by atoms with Gasteiger partial charge in [-0.25, -0.2) is 0 Å². The Labute approximate surface area is 138 Å². The van der Waals surface area contributed by atoms with Crippen molar-refractivity contribution in [2.45, 2.75) is 59.5 Å². The molecule has 3 rings (SSSR count). The molecule has 0 spiro atoms. The molecule has 3 N–H and O–H groups in total. The summed E-state index contributed by atoms with van der Waals surface area (Å²) < 4.78 is 6.20. The second kappa shape index (κ2) is 7.71. The van der Waals surface area contributed by atoms with Crippen molar-refractivity contribution in [3.8, 4) is 0 Å². The molecule has 5 heteroatoms. The van der Waals surface area contributed by atoms with Gasteiger partial charge in [0.05, 0.1) is 0 Å². The molecule has 0 aliphatic carbocycles. The molecule has 0 aromatic carbocycles. The fourth-order valence-corrected chi connectivity index (χ4v) is 13.4. The molecule has 0 saturated carbocycles. The molecule has 0 aromatic heterocycles. The first kappa shape index (κ1) is 16.2. The summed E-state index contributed by atoms with van der Waals surface area (Å²) in [6, 6.07) is 0. The molecule has 4 nitrogen and oxygen atoms in total. The Bertz CT molecular complexity index is 354. The third-order valence-corrected chi connectivity index (χ3v) is 15.6. The number of nitrogens with zero attached hydrogens (tertiary/aromatic N) is 2. The maximum absolute atomic E-state index is 6.36. The van der Waals surface area contributed by atoms with Crippen molar-refractivity contribution >= 4 is 21.7 Å². The summed E-state index contributed by atoms with van der Waals surface area (Å²) in [4.78, 5) is 0. The SMILES string of the molecule is CC[CH](C1CCCN(N2CCCCC2N)C1)[In]1[CH2]C=C[NH]1. The second-order valence-electron chi connectivity index (χ2n) is 7.02. The Kier molecular flexibility index (Phi) is 5.93. The van der Waals surface area contributed by atoms with E-state index >= 15 is 0 Å². The number of allylic oxidation sites excluding steroid dienone is 1. The van der Waals surface area contributed by atoms with E-state index in [1.807, 2.05) is 0 Å². The third-order valence-electron chi connectivity index (χ3n) is 5.73. The maximum atomic E-state index is 6.36. The molecule has 0 radical (unpaired) electrons. The van der Waals surface area contributed by atoms with Gasteiger partial charge in [0.1, 0.15) is 0 Å². The monoisotopic (exact) mass is 394 g/mol. The van der Waals surface area contributed by atoms with Gasteiger partial charge in [0.2, 0.25) is 0 Å². The van der Waals surface area contributed by atoms with Crippen molar-refractivity contribution < 1.29 is 0 Å². The summed E-state index contributed by atoms with van der Waals surface area (Å²) >= 11 is -1.54. The molecular weight excluding hydrogens is 363 g/mol. The second-order valence-corrected chi connectivity index (χ2v) is 15.2. The summed E-state index contributed by atoms with van der Waals surface area (Å²) in [5, 5.41) is 5.12. The molecule has 2 fully saturated rings. The van der Waals surface area contributed by atoms with Crippen LogP contribution in [0.1, 0.15) is 45.4 Å². The molecule has 21 heavy (non-hydrogen) atoms. The fourth-order valence-electron chi connectivity index (χ4n) is 4.58. The zero-order valence-corrected chi connectivity index (χ0v) is 16.8. The predicted molar refractivity (Wildman–Crippen MR) is 89.7 cm³/mol. The van der Waals surface area contributed by atoms with Crippen LogP contribution in [0.25, 0.3) is 0 Å². The van der Waals surface area contributed by atoms with Crippen molar-refractivity contribution in [3.05, 3.63) is 12.3 Å². The van der Waals surface area contributed by atoms with Gasteiger partial charge in [0.15, 0.2) is 0 Å². The van der Waals surface area contributed by atoms with E-state index < -0.39 is 21.7 Å². The molecule has 0 aromatic rings. The normalized spacial score (nSPS) is 33.1. The van der Waals surface area contributed by atoms with E-state index in [0.717, 1.165) is 9.59 Å².